The summed E-state index contributed by atoms with van der Waals surface area (Å²) in [6.45, 7) is 12.0. The van der Waals surface area contributed by atoms with Crippen molar-refractivity contribution in [2.45, 2.75) is 77.2 Å². The van der Waals surface area contributed by atoms with E-state index in [9.17, 15) is 9.59 Å². The fourth-order valence-corrected chi connectivity index (χ4v) is 5.16. The van der Waals surface area contributed by atoms with Crippen LogP contribution < -0.4 is 15.5 Å². The Hall–Kier alpha value is -2.26. The molecule has 0 aliphatic carbocycles. The van der Waals surface area contributed by atoms with Crippen molar-refractivity contribution in [3.05, 3.63) is 57.1 Å². The molecule has 0 radical (unpaired) electrons. The summed E-state index contributed by atoms with van der Waals surface area (Å²) in [6.07, 6.45) is 0.801. The van der Waals surface area contributed by atoms with Gasteiger partial charge in [-0.1, -0.05) is 41.4 Å². The van der Waals surface area contributed by atoms with Crippen LogP contribution in [0.3, 0.4) is 0 Å². The lowest BCUT2D eigenvalue weighted by Crippen LogP contribution is -2.43. The number of methoxy groups -OCH3 is 1. The number of hydrogen-bond donors (Lipinski definition) is 1. The van der Waals surface area contributed by atoms with E-state index < -0.39 is 41.8 Å². The van der Waals surface area contributed by atoms with Gasteiger partial charge in [0, 0.05) is 23.9 Å². The lowest BCUT2D eigenvalue weighted by molar-refractivity contribution is -0.142. The maximum atomic E-state index is 13.0. The number of carbonyl (C=O) groups is 2. The van der Waals surface area contributed by atoms with Gasteiger partial charge in [-0.05, 0) is 59.2 Å². The number of rotatable bonds is 6. The van der Waals surface area contributed by atoms with E-state index in [-0.39, 0.29) is 22.0 Å². The first-order valence-corrected chi connectivity index (χ1v) is 12.9. The van der Waals surface area contributed by atoms with Crippen molar-refractivity contribution in [3.63, 3.8) is 0 Å². The zero-order valence-corrected chi connectivity index (χ0v) is 23.7. The predicted molar refractivity (Wildman–Crippen MR) is 144 cm³/mol. The van der Waals surface area contributed by atoms with Gasteiger partial charge < -0.3 is 24.1 Å². The summed E-state index contributed by atoms with van der Waals surface area (Å²) >= 11 is 12.4. The second kappa shape index (κ2) is 9.81. The Morgan fingerprint density at radius 1 is 1.03 bits per heavy atom. The van der Waals surface area contributed by atoms with Crippen molar-refractivity contribution < 1.29 is 28.4 Å². The number of carbonyl (C=O) groups excluding carboxylic acids is 2. The molecule has 1 amide bonds. The summed E-state index contributed by atoms with van der Waals surface area (Å²) in [5, 5.41) is 3.13. The van der Waals surface area contributed by atoms with Crippen LogP contribution in [0.15, 0.2) is 30.3 Å². The SMILES string of the molecule is COC(=O)[C@H](Cc1ccc(B2OC(C)(C)C(C)(C)O2)c2c1CC(C)(C)O2)NC(=O)c1c(Cl)cccc1Cl. The summed E-state index contributed by atoms with van der Waals surface area (Å²) in [6, 6.07) is 7.63. The Kier molecular flexibility index (Phi) is 7.36. The van der Waals surface area contributed by atoms with Crippen LogP contribution in [-0.4, -0.2) is 48.9 Å². The number of fused-ring (bicyclic) bond motifs is 1. The highest BCUT2D eigenvalue weighted by Crippen LogP contribution is 2.41. The quantitative estimate of drug-likeness (QED) is 0.423. The van der Waals surface area contributed by atoms with E-state index in [1.807, 2.05) is 53.7 Å². The van der Waals surface area contributed by atoms with Crippen LogP contribution in [0.1, 0.15) is 63.0 Å². The molecule has 198 valence electrons. The van der Waals surface area contributed by atoms with Gasteiger partial charge in [-0.2, -0.15) is 0 Å². The summed E-state index contributed by atoms with van der Waals surface area (Å²) in [4.78, 5) is 25.8. The second-order valence-corrected chi connectivity index (χ2v) is 11.9. The van der Waals surface area contributed by atoms with Crippen molar-refractivity contribution in [2.24, 2.45) is 0 Å². The van der Waals surface area contributed by atoms with Gasteiger partial charge in [0.25, 0.3) is 5.91 Å². The molecule has 2 aromatic rings. The highest BCUT2D eigenvalue weighted by atomic mass is 35.5. The lowest BCUT2D eigenvalue weighted by atomic mass is 9.76. The van der Waals surface area contributed by atoms with E-state index in [2.05, 4.69) is 5.32 Å². The Balaban J connectivity index is 1.67. The molecule has 1 atom stereocenters. The number of benzene rings is 2. The molecule has 0 aromatic heterocycles. The van der Waals surface area contributed by atoms with Crippen molar-refractivity contribution in [1.82, 2.24) is 5.32 Å². The van der Waals surface area contributed by atoms with Crippen LogP contribution >= 0.6 is 23.2 Å². The average molecular weight is 548 g/mol. The third-order valence-electron chi connectivity index (χ3n) is 7.28. The van der Waals surface area contributed by atoms with E-state index in [4.69, 9.17) is 42.0 Å². The molecule has 1 fully saturated rings. The molecule has 0 saturated carbocycles. The van der Waals surface area contributed by atoms with Gasteiger partial charge in [-0.15, -0.1) is 0 Å². The number of amides is 1. The van der Waals surface area contributed by atoms with Crippen molar-refractivity contribution in [3.8, 4) is 5.75 Å². The highest BCUT2D eigenvalue weighted by molar-refractivity contribution is 6.63. The van der Waals surface area contributed by atoms with Gasteiger partial charge in [-0.3, -0.25) is 4.79 Å². The third-order valence-corrected chi connectivity index (χ3v) is 7.91. The molecule has 37 heavy (non-hydrogen) atoms. The minimum absolute atomic E-state index is 0.102. The molecule has 2 aliphatic rings. The van der Waals surface area contributed by atoms with Gasteiger partial charge in [-0.25, -0.2) is 4.79 Å². The van der Waals surface area contributed by atoms with Crippen LogP contribution in [0.2, 0.25) is 10.0 Å². The average Bonchev–Trinajstić information content (AvgIpc) is 3.23. The minimum atomic E-state index is -0.972. The van der Waals surface area contributed by atoms with E-state index >= 15 is 0 Å². The fourth-order valence-electron chi connectivity index (χ4n) is 4.59. The van der Waals surface area contributed by atoms with Crippen LogP contribution in [0, 0.1) is 0 Å². The number of nitrogens with one attached hydrogen (secondary N) is 1. The first kappa shape index (κ1) is 27.8. The largest absolute Gasteiger partial charge is 0.498 e. The standard InChI is InChI=1S/C27H32BCl2NO6/c1-25(2)14-16-15(11-12-17(22(16)35-25)28-36-26(3,4)27(5,6)37-28)13-20(24(33)34-7)31-23(32)21-18(29)9-8-10-19(21)30/h8-12,20H,13-14H2,1-7H3,(H,31,32)/t20-/m0/s1. The third kappa shape index (κ3) is 5.35. The van der Waals surface area contributed by atoms with Gasteiger partial charge >= 0.3 is 13.1 Å². The Morgan fingerprint density at radius 3 is 2.19 bits per heavy atom. The summed E-state index contributed by atoms with van der Waals surface area (Å²) < 4.78 is 23.9. The number of hydrogen-bond acceptors (Lipinski definition) is 6. The summed E-state index contributed by atoms with van der Waals surface area (Å²) in [5.74, 6) is -0.461. The molecule has 0 unspecified atom stereocenters. The zero-order chi connectivity index (χ0) is 27.3. The maximum absolute atomic E-state index is 13.0. The molecule has 7 nitrogen and oxygen atoms in total. The molecule has 0 bridgehead atoms. The van der Waals surface area contributed by atoms with Gasteiger partial charge in [0.15, 0.2) is 0 Å². The van der Waals surface area contributed by atoms with Crippen molar-refractivity contribution in [2.75, 3.05) is 7.11 Å². The van der Waals surface area contributed by atoms with Crippen molar-refractivity contribution >= 4 is 47.7 Å². The van der Waals surface area contributed by atoms with Crippen LogP contribution in [0.4, 0.5) is 0 Å². The molecule has 10 heteroatoms. The van der Waals surface area contributed by atoms with Gasteiger partial charge in [0.2, 0.25) is 0 Å². The van der Waals surface area contributed by atoms with Crippen LogP contribution in [0.25, 0.3) is 0 Å². The molecule has 1 saturated heterocycles. The van der Waals surface area contributed by atoms with Crippen LogP contribution in [0.5, 0.6) is 5.75 Å². The number of esters is 1. The molecular weight excluding hydrogens is 516 g/mol. The minimum Gasteiger partial charge on any atom is -0.488 e. The van der Waals surface area contributed by atoms with E-state index in [0.29, 0.717) is 12.2 Å². The van der Waals surface area contributed by atoms with E-state index in [1.54, 1.807) is 18.2 Å². The predicted octanol–water partition coefficient (Wildman–Crippen LogP) is 4.52. The molecule has 2 aromatic carbocycles. The topological polar surface area (TPSA) is 83.1 Å². The normalized spacial score (nSPS) is 19.6. The first-order valence-electron chi connectivity index (χ1n) is 12.2. The van der Waals surface area contributed by atoms with Gasteiger partial charge in [0.05, 0.1) is 33.9 Å². The smallest absolute Gasteiger partial charge is 0.488 e. The molecular formula is C27H32BCl2NO6. The number of halogens is 2. The van der Waals surface area contributed by atoms with E-state index in [1.165, 1.54) is 7.11 Å². The Labute approximate surface area is 228 Å². The number of ether oxygens (including phenoxy) is 2. The summed E-state index contributed by atoms with van der Waals surface area (Å²) in [7, 11) is 0.683. The molecule has 2 aliphatic heterocycles. The Morgan fingerprint density at radius 2 is 1.62 bits per heavy atom. The fraction of sp³-hybridized carbons (Fsp3) is 0.481. The molecule has 4 rings (SSSR count). The van der Waals surface area contributed by atoms with E-state index in [0.717, 1.165) is 16.6 Å². The van der Waals surface area contributed by atoms with Crippen molar-refractivity contribution in [1.29, 1.82) is 0 Å². The van der Waals surface area contributed by atoms with Gasteiger partial charge in [0.1, 0.15) is 17.4 Å². The maximum Gasteiger partial charge on any atom is 0.498 e. The molecule has 2 heterocycles. The summed E-state index contributed by atoms with van der Waals surface area (Å²) in [5.41, 5.74) is 1.22. The zero-order valence-electron chi connectivity index (χ0n) is 22.2. The highest BCUT2D eigenvalue weighted by Gasteiger charge is 2.53. The monoisotopic (exact) mass is 547 g/mol. The molecule has 0 spiro atoms. The first-order chi connectivity index (χ1) is 17.2. The lowest BCUT2D eigenvalue weighted by Gasteiger charge is -2.32. The molecule has 1 N–H and O–H groups in total. The second-order valence-electron chi connectivity index (χ2n) is 11.1. The van der Waals surface area contributed by atoms with Crippen LogP contribution in [-0.2, 0) is 31.7 Å². The Bertz CT molecular complexity index is 1210.